The van der Waals surface area contributed by atoms with Crippen molar-refractivity contribution < 1.29 is 0 Å². The minimum atomic E-state index is 0.703. The van der Waals surface area contributed by atoms with Crippen LogP contribution in [0.3, 0.4) is 0 Å². The summed E-state index contributed by atoms with van der Waals surface area (Å²) in [6, 6.07) is 12.1. The molecule has 2 aromatic carbocycles. The quantitative estimate of drug-likeness (QED) is 0.701. The fourth-order valence-corrected chi connectivity index (χ4v) is 2.67. The van der Waals surface area contributed by atoms with Gasteiger partial charge in [-0.3, -0.25) is 0 Å². The van der Waals surface area contributed by atoms with E-state index >= 15 is 0 Å². The highest BCUT2D eigenvalue weighted by molar-refractivity contribution is 9.11. The van der Waals surface area contributed by atoms with Crippen molar-refractivity contribution >= 4 is 49.1 Å². The summed E-state index contributed by atoms with van der Waals surface area (Å²) in [6.45, 7) is 2.74. The summed E-state index contributed by atoms with van der Waals surface area (Å²) in [5.41, 5.74) is 3.31. The summed E-state index contributed by atoms with van der Waals surface area (Å²) in [4.78, 5) is 0. The summed E-state index contributed by atoms with van der Waals surface area (Å²) in [5, 5.41) is 4.17. The van der Waals surface area contributed by atoms with Crippen molar-refractivity contribution in [3.05, 3.63) is 61.5 Å². The van der Waals surface area contributed by atoms with E-state index in [4.69, 9.17) is 11.6 Å². The van der Waals surface area contributed by atoms with Gasteiger partial charge in [0.05, 0.1) is 0 Å². The Kier molecular flexibility index (Phi) is 4.71. The van der Waals surface area contributed by atoms with Crippen molar-refractivity contribution in [2.75, 3.05) is 5.32 Å². The minimum absolute atomic E-state index is 0.703. The lowest BCUT2D eigenvalue weighted by atomic mass is 10.1. The molecular formula is C14H12Br2ClN. The Bertz CT molecular complexity index is 570. The second kappa shape index (κ2) is 6.09. The maximum Gasteiger partial charge on any atom is 0.0498 e. The summed E-state index contributed by atoms with van der Waals surface area (Å²) in [7, 11) is 0. The molecule has 0 spiro atoms. The monoisotopic (exact) mass is 387 g/mol. The first kappa shape index (κ1) is 13.9. The van der Waals surface area contributed by atoms with Crippen LogP contribution in [0, 0.1) is 6.92 Å². The topological polar surface area (TPSA) is 12.0 Å². The van der Waals surface area contributed by atoms with Gasteiger partial charge in [0, 0.05) is 26.2 Å². The van der Waals surface area contributed by atoms with Crippen molar-refractivity contribution in [2.24, 2.45) is 0 Å². The van der Waals surface area contributed by atoms with Crippen molar-refractivity contribution in [3.8, 4) is 0 Å². The van der Waals surface area contributed by atoms with Gasteiger partial charge in [-0.25, -0.2) is 0 Å². The van der Waals surface area contributed by atoms with E-state index < -0.39 is 0 Å². The lowest BCUT2D eigenvalue weighted by Gasteiger charge is -2.10. The molecule has 0 saturated carbocycles. The first-order valence-corrected chi connectivity index (χ1v) is 7.46. The molecule has 0 aliphatic heterocycles. The molecule has 18 heavy (non-hydrogen) atoms. The highest BCUT2D eigenvalue weighted by Crippen LogP contribution is 2.27. The van der Waals surface area contributed by atoms with Crippen molar-refractivity contribution in [1.82, 2.24) is 0 Å². The zero-order chi connectivity index (χ0) is 13.1. The maximum absolute atomic E-state index is 6.21. The number of hydrogen-bond acceptors (Lipinski definition) is 1. The Morgan fingerprint density at radius 1 is 1.11 bits per heavy atom. The smallest absolute Gasteiger partial charge is 0.0498 e. The van der Waals surface area contributed by atoms with Crippen LogP contribution in [0.15, 0.2) is 45.3 Å². The predicted molar refractivity (Wildman–Crippen MR) is 85.4 cm³/mol. The Labute approximate surface area is 129 Å². The van der Waals surface area contributed by atoms with Gasteiger partial charge in [0.1, 0.15) is 0 Å². The highest BCUT2D eigenvalue weighted by Gasteiger charge is 2.03. The maximum atomic E-state index is 6.21. The van der Waals surface area contributed by atoms with Crippen LogP contribution in [-0.4, -0.2) is 0 Å². The number of anilines is 1. The molecule has 0 unspecified atom stereocenters. The number of halogens is 3. The Morgan fingerprint density at radius 2 is 1.89 bits per heavy atom. The van der Waals surface area contributed by atoms with Gasteiger partial charge in [-0.15, -0.1) is 0 Å². The van der Waals surface area contributed by atoms with Gasteiger partial charge in [-0.2, -0.15) is 0 Å². The summed E-state index contributed by atoms with van der Waals surface area (Å²) >= 11 is 13.2. The molecule has 0 heterocycles. The molecule has 0 aliphatic rings. The van der Waals surface area contributed by atoms with Crippen LogP contribution in [0.5, 0.6) is 0 Å². The average Bonchev–Trinajstić information content (AvgIpc) is 2.32. The molecule has 0 aromatic heterocycles. The molecule has 0 atom stereocenters. The Hall–Kier alpha value is -0.510. The normalized spacial score (nSPS) is 10.4. The lowest BCUT2D eigenvalue weighted by molar-refractivity contribution is 1.14. The van der Waals surface area contributed by atoms with E-state index in [9.17, 15) is 0 Å². The number of benzene rings is 2. The predicted octanol–water partition coefficient (Wildman–Crippen LogP) is 5.79. The molecule has 0 bridgehead atoms. The lowest BCUT2D eigenvalue weighted by Crippen LogP contribution is -2.01. The van der Waals surface area contributed by atoms with Crippen LogP contribution in [0.4, 0.5) is 5.69 Å². The summed E-state index contributed by atoms with van der Waals surface area (Å²) in [6.07, 6.45) is 0. The first-order valence-electron chi connectivity index (χ1n) is 5.50. The van der Waals surface area contributed by atoms with Gasteiger partial charge in [0.15, 0.2) is 0 Å². The summed E-state index contributed by atoms with van der Waals surface area (Å²) < 4.78 is 2.08. The van der Waals surface area contributed by atoms with Crippen LogP contribution in [-0.2, 0) is 6.54 Å². The van der Waals surface area contributed by atoms with E-state index in [2.05, 4.69) is 49.3 Å². The molecule has 0 amide bonds. The third-order valence-electron chi connectivity index (χ3n) is 2.61. The summed E-state index contributed by atoms with van der Waals surface area (Å²) in [5.74, 6) is 0. The SMILES string of the molecule is Cc1ccc(CNc2cc(Br)ccc2Br)c(Cl)c1. The van der Waals surface area contributed by atoms with Gasteiger partial charge >= 0.3 is 0 Å². The number of rotatable bonds is 3. The van der Waals surface area contributed by atoms with Crippen LogP contribution in [0.2, 0.25) is 5.02 Å². The number of hydrogen-bond donors (Lipinski definition) is 1. The number of nitrogens with one attached hydrogen (secondary N) is 1. The molecule has 2 aromatic rings. The average molecular weight is 390 g/mol. The molecule has 94 valence electrons. The molecule has 0 aliphatic carbocycles. The molecule has 0 radical (unpaired) electrons. The van der Waals surface area contributed by atoms with Gasteiger partial charge in [0.2, 0.25) is 0 Å². The third kappa shape index (κ3) is 3.50. The van der Waals surface area contributed by atoms with Crippen LogP contribution in [0.25, 0.3) is 0 Å². The van der Waals surface area contributed by atoms with Crippen molar-refractivity contribution in [2.45, 2.75) is 13.5 Å². The fourth-order valence-electron chi connectivity index (χ4n) is 1.62. The second-order valence-electron chi connectivity index (χ2n) is 4.07. The number of aryl methyl sites for hydroxylation is 1. The zero-order valence-electron chi connectivity index (χ0n) is 9.81. The standard InChI is InChI=1S/C14H12Br2ClN/c1-9-2-3-10(13(17)6-9)8-18-14-7-11(15)4-5-12(14)16/h2-7,18H,8H2,1H3. The van der Waals surface area contributed by atoms with E-state index in [1.807, 2.05) is 31.2 Å². The van der Waals surface area contributed by atoms with E-state index in [1.54, 1.807) is 0 Å². The first-order chi connectivity index (χ1) is 8.56. The van der Waals surface area contributed by atoms with Crippen molar-refractivity contribution in [1.29, 1.82) is 0 Å². The fraction of sp³-hybridized carbons (Fsp3) is 0.143. The molecule has 4 heteroatoms. The zero-order valence-corrected chi connectivity index (χ0v) is 13.7. The van der Waals surface area contributed by atoms with E-state index in [1.165, 1.54) is 5.56 Å². The molecule has 0 saturated heterocycles. The highest BCUT2D eigenvalue weighted by atomic mass is 79.9. The van der Waals surface area contributed by atoms with Crippen molar-refractivity contribution in [3.63, 3.8) is 0 Å². The molecular weight excluding hydrogens is 377 g/mol. The largest absolute Gasteiger partial charge is 0.380 e. The van der Waals surface area contributed by atoms with Crippen LogP contribution in [0.1, 0.15) is 11.1 Å². The molecule has 1 N–H and O–H groups in total. The van der Waals surface area contributed by atoms with E-state index in [0.29, 0.717) is 6.54 Å². The molecule has 2 rings (SSSR count). The Morgan fingerprint density at radius 3 is 2.61 bits per heavy atom. The van der Waals surface area contributed by atoms with Gasteiger partial charge in [0.25, 0.3) is 0 Å². The molecule has 0 fully saturated rings. The van der Waals surface area contributed by atoms with Crippen LogP contribution < -0.4 is 5.32 Å². The third-order valence-corrected chi connectivity index (χ3v) is 4.14. The molecule has 1 nitrogen and oxygen atoms in total. The Balaban J connectivity index is 2.13. The second-order valence-corrected chi connectivity index (χ2v) is 6.25. The van der Waals surface area contributed by atoms with Gasteiger partial charge < -0.3 is 5.32 Å². The van der Waals surface area contributed by atoms with Gasteiger partial charge in [-0.1, -0.05) is 39.7 Å². The van der Waals surface area contributed by atoms with Gasteiger partial charge in [-0.05, 0) is 58.2 Å². The van der Waals surface area contributed by atoms with E-state index in [0.717, 1.165) is 25.2 Å². The van der Waals surface area contributed by atoms with E-state index in [-0.39, 0.29) is 0 Å². The minimum Gasteiger partial charge on any atom is -0.380 e. The van der Waals surface area contributed by atoms with Crippen LogP contribution >= 0.6 is 43.5 Å².